The van der Waals surface area contributed by atoms with E-state index in [4.69, 9.17) is 0 Å². The van der Waals surface area contributed by atoms with Gasteiger partial charge in [0.25, 0.3) is 11.1 Å². The molecule has 2 aromatic carbocycles. The first-order chi connectivity index (χ1) is 13.9. The average molecular weight is 473 g/mol. The highest BCUT2D eigenvalue weighted by molar-refractivity contribution is 9.10. The molecular weight excluding hydrogens is 452 g/mol. The second kappa shape index (κ2) is 9.41. The number of amides is 2. The van der Waals surface area contributed by atoms with E-state index in [1.165, 1.54) is 0 Å². The van der Waals surface area contributed by atoms with E-state index in [1.807, 2.05) is 24.3 Å². The van der Waals surface area contributed by atoms with Crippen LogP contribution in [0.25, 0.3) is 6.08 Å². The molecule has 7 heteroatoms. The lowest BCUT2D eigenvalue weighted by Gasteiger charge is -2.20. The van der Waals surface area contributed by atoms with Crippen molar-refractivity contribution in [3.8, 4) is 0 Å². The molecule has 0 unspecified atom stereocenters. The highest BCUT2D eigenvalue weighted by Crippen LogP contribution is 2.32. The number of halogens is 1. The van der Waals surface area contributed by atoms with Crippen LogP contribution in [-0.2, 0) is 4.79 Å². The molecule has 0 N–H and O–H groups in total. The summed E-state index contributed by atoms with van der Waals surface area (Å²) in [5, 5.41) is -0.425. The normalized spacial score (nSPS) is 15.3. The zero-order chi connectivity index (χ0) is 21.0. The van der Waals surface area contributed by atoms with Crippen LogP contribution in [0.5, 0.6) is 0 Å². The second-order valence-electron chi connectivity index (χ2n) is 6.46. The third-order valence-electron chi connectivity index (χ3n) is 4.66. The van der Waals surface area contributed by atoms with Gasteiger partial charge in [-0.15, -0.1) is 0 Å². The summed E-state index contributed by atoms with van der Waals surface area (Å²) in [5.41, 5.74) is 2.41. The fourth-order valence-electron chi connectivity index (χ4n) is 3.03. The topological polar surface area (TPSA) is 57.7 Å². The number of ketones is 1. The van der Waals surface area contributed by atoms with Crippen LogP contribution in [0.2, 0.25) is 0 Å². The summed E-state index contributed by atoms with van der Waals surface area (Å²) in [7, 11) is 0. The summed E-state index contributed by atoms with van der Waals surface area (Å²) in [6.07, 6.45) is 1.70. The monoisotopic (exact) mass is 472 g/mol. The molecule has 1 aliphatic rings. The molecule has 5 nitrogen and oxygen atoms in total. The van der Waals surface area contributed by atoms with Crippen molar-refractivity contribution in [2.45, 2.75) is 13.8 Å². The number of benzene rings is 2. The number of anilines is 1. The maximum Gasteiger partial charge on any atom is 0.293 e. The molecule has 1 heterocycles. The predicted octanol–water partition coefficient (Wildman–Crippen LogP) is 5.21. The van der Waals surface area contributed by atoms with E-state index in [9.17, 15) is 14.4 Å². The van der Waals surface area contributed by atoms with Gasteiger partial charge in [0.15, 0.2) is 5.78 Å². The van der Waals surface area contributed by atoms with E-state index < -0.39 is 11.1 Å². The number of thioether (sulfide) groups is 1. The molecule has 0 aromatic heterocycles. The minimum Gasteiger partial charge on any atom is -0.372 e. The van der Waals surface area contributed by atoms with Gasteiger partial charge in [0.2, 0.25) is 0 Å². The third kappa shape index (κ3) is 4.97. The molecule has 1 aliphatic heterocycles. The molecule has 150 valence electrons. The highest BCUT2D eigenvalue weighted by atomic mass is 79.9. The Bertz CT molecular complexity index is 951. The van der Waals surface area contributed by atoms with Gasteiger partial charge in [-0.2, -0.15) is 0 Å². The number of hydrogen-bond donors (Lipinski definition) is 0. The van der Waals surface area contributed by atoms with E-state index in [0.717, 1.165) is 45.5 Å². The fraction of sp³-hybridized carbons (Fsp3) is 0.227. The summed E-state index contributed by atoms with van der Waals surface area (Å²) in [6.45, 7) is 5.78. The molecule has 2 amide bonds. The standard InChI is InChI=1S/C22H21BrN2O3S/c1-3-24(4-2)18-11-5-15(6-12-18)13-20-21(27)25(22(28)29-20)14-19(26)16-7-9-17(23)10-8-16/h5-13H,3-4,14H2,1-2H3/b20-13+. The summed E-state index contributed by atoms with van der Waals surface area (Å²) in [4.78, 5) is 40.9. The SMILES string of the molecule is CCN(CC)c1ccc(/C=C2/SC(=O)N(CC(=O)c3ccc(Br)cc3)C2=O)cc1. The van der Waals surface area contributed by atoms with Gasteiger partial charge < -0.3 is 4.90 Å². The largest absolute Gasteiger partial charge is 0.372 e. The van der Waals surface area contributed by atoms with E-state index >= 15 is 0 Å². The van der Waals surface area contributed by atoms with Gasteiger partial charge in [-0.25, -0.2) is 0 Å². The molecule has 1 saturated heterocycles. The van der Waals surface area contributed by atoms with Crippen LogP contribution in [0.3, 0.4) is 0 Å². The Hall–Kier alpha value is -2.38. The van der Waals surface area contributed by atoms with E-state index in [-0.39, 0.29) is 12.3 Å². The molecule has 1 fully saturated rings. The van der Waals surface area contributed by atoms with Crippen LogP contribution in [0.4, 0.5) is 10.5 Å². The molecule has 0 spiro atoms. The number of carbonyl (C=O) groups excluding carboxylic acids is 3. The van der Waals surface area contributed by atoms with Gasteiger partial charge in [0.1, 0.15) is 0 Å². The van der Waals surface area contributed by atoms with Gasteiger partial charge in [-0.3, -0.25) is 19.3 Å². The summed E-state index contributed by atoms with van der Waals surface area (Å²) < 4.78 is 0.857. The second-order valence-corrected chi connectivity index (χ2v) is 8.37. The zero-order valence-corrected chi connectivity index (χ0v) is 18.6. The maximum atomic E-state index is 12.7. The first kappa shape index (κ1) is 21.3. The third-order valence-corrected chi connectivity index (χ3v) is 6.10. The first-order valence-electron chi connectivity index (χ1n) is 9.32. The lowest BCUT2D eigenvalue weighted by atomic mass is 10.1. The van der Waals surface area contributed by atoms with Crippen molar-refractivity contribution in [2.75, 3.05) is 24.5 Å². The molecule has 0 saturated carbocycles. The summed E-state index contributed by atoms with van der Waals surface area (Å²) in [6, 6.07) is 14.7. The number of hydrogen-bond acceptors (Lipinski definition) is 5. The van der Waals surface area contributed by atoms with Crippen LogP contribution in [0.15, 0.2) is 57.9 Å². The van der Waals surface area contributed by atoms with Gasteiger partial charge in [0, 0.05) is 28.8 Å². The van der Waals surface area contributed by atoms with Crippen molar-refractivity contribution in [3.63, 3.8) is 0 Å². The van der Waals surface area contributed by atoms with Crippen molar-refractivity contribution in [1.82, 2.24) is 4.90 Å². The van der Waals surface area contributed by atoms with Gasteiger partial charge >= 0.3 is 0 Å². The number of carbonyl (C=O) groups is 3. The molecule has 2 aromatic rings. The first-order valence-corrected chi connectivity index (χ1v) is 10.9. The Morgan fingerprint density at radius 1 is 1.03 bits per heavy atom. The van der Waals surface area contributed by atoms with Crippen molar-refractivity contribution >= 4 is 56.4 Å². The lowest BCUT2D eigenvalue weighted by molar-refractivity contribution is -0.122. The Kier molecular flexibility index (Phi) is 6.92. The number of imide groups is 1. The Morgan fingerprint density at radius 3 is 2.24 bits per heavy atom. The Balaban J connectivity index is 1.72. The van der Waals surface area contributed by atoms with Gasteiger partial charge in [-0.1, -0.05) is 40.2 Å². The predicted molar refractivity (Wildman–Crippen MR) is 121 cm³/mol. The minimum absolute atomic E-state index is 0.259. The molecule has 3 rings (SSSR count). The van der Waals surface area contributed by atoms with Crippen molar-refractivity contribution < 1.29 is 14.4 Å². The number of rotatable bonds is 7. The molecule has 29 heavy (non-hydrogen) atoms. The summed E-state index contributed by atoms with van der Waals surface area (Å²) in [5.74, 6) is -0.706. The van der Waals surface area contributed by atoms with E-state index in [0.29, 0.717) is 10.5 Å². The number of Topliss-reactive ketones (excluding diaryl/α,β-unsaturated/α-hetero) is 1. The van der Waals surface area contributed by atoms with Crippen molar-refractivity contribution in [3.05, 3.63) is 69.0 Å². The molecular formula is C22H21BrN2O3S. The maximum absolute atomic E-state index is 12.7. The van der Waals surface area contributed by atoms with Crippen LogP contribution < -0.4 is 4.90 Å². The highest BCUT2D eigenvalue weighted by Gasteiger charge is 2.36. The van der Waals surface area contributed by atoms with Crippen molar-refractivity contribution in [2.24, 2.45) is 0 Å². The van der Waals surface area contributed by atoms with Crippen molar-refractivity contribution in [1.29, 1.82) is 0 Å². The molecule has 0 aliphatic carbocycles. The van der Waals surface area contributed by atoms with E-state index in [2.05, 4.69) is 34.7 Å². The van der Waals surface area contributed by atoms with Gasteiger partial charge in [0.05, 0.1) is 11.4 Å². The minimum atomic E-state index is -0.432. The molecule has 0 atom stereocenters. The number of nitrogens with zero attached hydrogens (tertiary/aromatic N) is 2. The fourth-order valence-corrected chi connectivity index (χ4v) is 4.13. The Labute approximate surface area is 182 Å². The zero-order valence-electron chi connectivity index (χ0n) is 16.2. The van der Waals surface area contributed by atoms with E-state index in [1.54, 1.807) is 30.3 Å². The Morgan fingerprint density at radius 2 is 1.66 bits per heavy atom. The van der Waals surface area contributed by atoms with Crippen LogP contribution in [-0.4, -0.2) is 41.5 Å². The molecule has 0 bridgehead atoms. The van der Waals surface area contributed by atoms with Crippen LogP contribution in [0.1, 0.15) is 29.8 Å². The lowest BCUT2D eigenvalue weighted by Crippen LogP contribution is -2.33. The average Bonchev–Trinajstić information content (AvgIpc) is 2.98. The smallest absolute Gasteiger partial charge is 0.293 e. The van der Waals surface area contributed by atoms with Crippen LogP contribution in [0, 0.1) is 0 Å². The van der Waals surface area contributed by atoms with Crippen LogP contribution >= 0.6 is 27.7 Å². The quantitative estimate of drug-likeness (QED) is 0.408. The molecule has 0 radical (unpaired) electrons. The summed E-state index contributed by atoms with van der Waals surface area (Å²) >= 11 is 4.18. The van der Waals surface area contributed by atoms with Gasteiger partial charge in [-0.05, 0) is 61.5 Å².